The molecule has 19 heavy (non-hydrogen) atoms. The molecular formula is C15H16Cl2N2. The number of nitrogens with zero attached hydrogens (tertiary/aromatic N) is 1. The molecule has 1 N–H and O–H groups in total. The Kier molecular flexibility index (Phi) is 4.81. The summed E-state index contributed by atoms with van der Waals surface area (Å²) in [7, 11) is 1.93. The Morgan fingerprint density at radius 2 is 1.89 bits per heavy atom. The third-order valence-electron chi connectivity index (χ3n) is 3.27. The van der Waals surface area contributed by atoms with Crippen LogP contribution in [0.1, 0.15) is 22.7 Å². The van der Waals surface area contributed by atoms with Crippen LogP contribution in [0.2, 0.25) is 10.0 Å². The fourth-order valence-electron chi connectivity index (χ4n) is 2.14. The smallest absolute Gasteiger partial charge is 0.0453 e. The SMILES string of the molecule is CNC(Cc1c(Cl)cccc1Cl)c1cnccc1C. The molecule has 2 aromatic rings. The Morgan fingerprint density at radius 3 is 2.47 bits per heavy atom. The number of halogens is 2. The summed E-state index contributed by atoms with van der Waals surface area (Å²) in [5.74, 6) is 0. The molecular weight excluding hydrogens is 279 g/mol. The standard InChI is InChI=1S/C15H16Cl2N2/c1-10-6-7-19-9-12(10)15(18-2)8-11-13(16)4-3-5-14(11)17/h3-7,9,15,18H,8H2,1-2H3. The Hall–Kier alpha value is -1.09. The first-order valence-corrected chi connectivity index (χ1v) is 6.89. The molecule has 2 rings (SSSR count). The Labute approximate surface area is 123 Å². The summed E-state index contributed by atoms with van der Waals surface area (Å²) in [4.78, 5) is 4.19. The Morgan fingerprint density at radius 1 is 1.21 bits per heavy atom. The number of rotatable bonds is 4. The van der Waals surface area contributed by atoms with E-state index in [0.717, 1.165) is 12.0 Å². The number of aromatic nitrogens is 1. The van der Waals surface area contributed by atoms with E-state index < -0.39 is 0 Å². The largest absolute Gasteiger partial charge is 0.313 e. The molecule has 0 spiro atoms. The van der Waals surface area contributed by atoms with Gasteiger partial charge in [0, 0.05) is 28.5 Å². The molecule has 1 atom stereocenters. The summed E-state index contributed by atoms with van der Waals surface area (Å²) in [6.45, 7) is 2.08. The summed E-state index contributed by atoms with van der Waals surface area (Å²) in [6.07, 6.45) is 4.43. The molecule has 0 bridgehead atoms. The monoisotopic (exact) mass is 294 g/mol. The van der Waals surface area contributed by atoms with Crippen molar-refractivity contribution in [3.05, 3.63) is 63.4 Å². The minimum atomic E-state index is 0.145. The third-order valence-corrected chi connectivity index (χ3v) is 3.98. The van der Waals surface area contributed by atoms with Crippen LogP contribution in [-0.4, -0.2) is 12.0 Å². The first-order chi connectivity index (χ1) is 9.13. The quantitative estimate of drug-likeness (QED) is 0.914. The van der Waals surface area contributed by atoms with Gasteiger partial charge in [0.15, 0.2) is 0 Å². The van der Waals surface area contributed by atoms with E-state index in [4.69, 9.17) is 23.2 Å². The van der Waals surface area contributed by atoms with Crippen molar-refractivity contribution < 1.29 is 0 Å². The van der Waals surface area contributed by atoms with Gasteiger partial charge in [-0.25, -0.2) is 0 Å². The zero-order valence-electron chi connectivity index (χ0n) is 11.0. The van der Waals surface area contributed by atoms with Gasteiger partial charge in [-0.05, 0) is 55.3 Å². The Balaban J connectivity index is 2.32. The summed E-state index contributed by atoms with van der Waals surface area (Å²) in [6, 6.07) is 7.74. The maximum absolute atomic E-state index is 6.23. The van der Waals surface area contributed by atoms with Gasteiger partial charge in [0.1, 0.15) is 0 Å². The lowest BCUT2D eigenvalue weighted by molar-refractivity contribution is 0.587. The van der Waals surface area contributed by atoms with E-state index in [-0.39, 0.29) is 6.04 Å². The van der Waals surface area contributed by atoms with Crippen LogP contribution in [0.25, 0.3) is 0 Å². The van der Waals surface area contributed by atoms with E-state index in [1.165, 1.54) is 11.1 Å². The molecule has 0 amide bonds. The summed E-state index contributed by atoms with van der Waals surface area (Å²) in [5.41, 5.74) is 3.34. The lowest BCUT2D eigenvalue weighted by atomic mass is 9.97. The minimum Gasteiger partial charge on any atom is -0.313 e. The number of pyridine rings is 1. The second-order valence-electron chi connectivity index (χ2n) is 4.48. The normalized spacial score (nSPS) is 12.4. The highest BCUT2D eigenvalue weighted by Gasteiger charge is 2.16. The first kappa shape index (κ1) is 14.3. The molecule has 0 radical (unpaired) electrons. The van der Waals surface area contributed by atoms with E-state index in [1.807, 2.05) is 37.5 Å². The van der Waals surface area contributed by atoms with E-state index >= 15 is 0 Å². The zero-order chi connectivity index (χ0) is 13.8. The van der Waals surface area contributed by atoms with Gasteiger partial charge in [-0.2, -0.15) is 0 Å². The molecule has 0 aliphatic carbocycles. The molecule has 1 aromatic carbocycles. The second-order valence-corrected chi connectivity index (χ2v) is 5.29. The molecule has 0 aliphatic heterocycles. The second kappa shape index (κ2) is 6.38. The van der Waals surface area contributed by atoms with Crippen molar-refractivity contribution in [2.24, 2.45) is 0 Å². The van der Waals surface area contributed by atoms with Gasteiger partial charge >= 0.3 is 0 Å². The van der Waals surface area contributed by atoms with Crippen molar-refractivity contribution in [2.75, 3.05) is 7.05 Å². The zero-order valence-corrected chi connectivity index (χ0v) is 12.5. The molecule has 0 saturated carbocycles. The number of nitrogens with one attached hydrogen (secondary N) is 1. The maximum atomic E-state index is 6.23. The van der Waals surface area contributed by atoms with Gasteiger partial charge in [-0.3, -0.25) is 4.98 Å². The van der Waals surface area contributed by atoms with Crippen LogP contribution in [-0.2, 0) is 6.42 Å². The molecule has 1 unspecified atom stereocenters. The van der Waals surface area contributed by atoms with E-state index in [2.05, 4.69) is 17.2 Å². The molecule has 0 fully saturated rings. The van der Waals surface area contributed by atoms with Crippen molar-refractivity contribution in [1.82, 2.24) is 10.3 Å². The molecule has 100 valence electrons. The van der Waals surface area contributed by atoms with Crippen LogP contribution in [0, 0.1) is 6.92 Å². The van der Waals surface area contributed by atoms with Crippen molar-refractivity contribution in [3.8, 4) is 0 Å². The van der Waals surface area contributed by atoms with Crippen LogP contribution in [0.4, 0.5) is 0 Å². The van der Waals surface area contributed by atoms with Gasteiger partial charge in [-0.1, -0.05) is 29.3 Å². The summed E-state index contributed by atoms with van der Waals surface area (Å²) < 4.78 is 0. The average Bonchev–Trinajstić information content (AvgIpc) is 2.40. The summed E-state index contributed by atoms with van der Waals surface area (Å²) >= 11 is 12.5. The Bertz CT molecular complexity index is 550. The average molecular weight is 295 g/mol. The van der Waals surface area contributed by atoms with Crippen molar-refractivity contribution in [2.45, 2.75) is 19.4 Å². The minimum absolute atomic E-state index is 0.145. The van der Waals surface area contributed by atoms with Crippen LogP contribution >= 0.6 is 23.2 Å². The van der Waals surface area contributed by atoms with Crippen LogP contribution in [0.5, 0.6) is 0 Å². The lowest BCUT2D eigenvalue weighted by Crippen LogP contribution is -2.20. The fourth-order valence-corrected chi connectivity index (χ4v) is 2.69. The number of likely N-dealkylation sites (N-methyl/N-ethyl adjacent to an activating group) is 1. The molecule has 1 aromatic heterocycles. The number of aryl methyl sites for hydroxylation is 1. The van der Waals surface area contributed by atoms with Gasteiger partial charge < -0.3 is 5.32 Å². The predicted octanol–water partition coefficient (Wildman–Crippen LogP) is 4.20. The third kappa shape index (κ3) is 3.27. The van der Waals surface area contributed by atoms with Gasteiger partial charge in [0.05, 0.1) is 0 Å². The van der Waals surface area contributed by atoms with Crippen LogP contribution in [0.3, 0.4) is 0 Å². The summed E-state index contributed by atoms with van der Waals surface area (Å²) in [5, 5.41) is 4.71. The van der Waals surface area contributed by atoms with Gasteiger partial charge in [0.25, 0.3) is 0 Å². The van der Waals surface area contributed by atoms with Crippen LogP contribution in [0.15, 0.2) is 36.7 Å². The first-order valence-electron chi connectivity index (χ1n) is 6.14. The van der Waals surface area contributed by atoms with Gasteiger partial charge in [0.2, 0.25) is 0 Å². The molecule has 4 heteroatoms. The molecule has 0 saturated heterocycles. The number of benzene rings is 1. The topological polar surface area (TPSA) is 24.9 Å². The molecule has 2 nitrogen and oxygen atoms in total. The van der Waals surface area contributed by atoms with E-state index in [0.29, 0.717) is 10.0 Å². The highest BCUT2D eigenvalue weighted by molar-refractivity contribution is 6.36. The lowest BCUT2D eigenvalue weighted by Gasteiger charge is -2.19. The highest BCUT2D eigenvalue weighted by Crippen LogP contribution is 2.29. The fraction of sp³-hybridized carbons (Fsp3) is 0.267. The van der Waals surface area contributed by atoms with Crippen molar-refractivity contribution in [3.63, 3.8) is 0 Å². The van der Waals surface area contributed by atoms with E-state index in [9.17, 15) is 0 Å². The molecule has 0 aliphatic rings. The van der Waals surface area contributed by atoms with Gasteiger partial charge in [-0.15, -0.1) is 0 Å². The molecule has 1 heterocycles. The van der Waals surface area contributed by atoms with Crippen molar-refractivity contribution >= 4 is 23.2 Å². The van der Waals surface area contributed by atoms with E-state index in [1.54, 1.807) is 6.20 Å². The van der Waals surface area contributed by atoms with Crippen LogP contribution < -0.4 is 5.32 Å². The highest BCUT2D eigenvalue weighted by atomic mass is 35.5. The maximum Gasteiger partial charge on any atom is 0.0453 e. The number of hydrogen-bond acceptors (Lipinski definition) is 2. The number of hydrogen-bond donors (Lipinski definition) is 1. The predicted molar refractivity (Wildman–Crippen MR) is 80.9 cm³/mol. The van der Waals surface area contributed by atoms with Crippen molar-refractivity contribution in [1.29, 1.82) is 0 Å².